The fourth-order valence-electron chi connectivity index (χ4n) is 2.09. The Kier molecular flexibility index (Phi) is 4.45. The number of ether oxygens (including phenoxy) is 1. The molecule has 0 saturated heterocycles. The number of hydrogen-bond acceptors (Lipinski definition) is 3. The molecule has 0 bridgehead atoms. The molecule has 0 radical (unpaired) electrons. The van der Waals surface area contributed by atoms with Gasteiger partial charge in [-0.15, -0.1) is 5.10 Å². The lowest BCUT2D eigenvalue weighted by atomic mass is 10.1. The molecule has 1 aromatic rings. The number of nitrogens with two attached hydrogens (primary N) is 1. The zero-order valence-electron chi connectivity index (χ0n) is 11.8. The van der Waals surface area contributed by atoms with Gasteiger partial charge in [-0.2, -0.15) is 0 Å². The lowest BCUT2D eigenvalue weighted by Gasteiger charge is -2.12. The molecule has 0 aliphatic heterocycles. The molecule has 1 saturated carbocycles. The molecule has 1 aromatic heterocycles. The van der Waals surface area contributed by atoms with Gasteiger partial charge in [0.05, 0.1) is 12.1 Å². The van der Waals surface area contributed by atoms with Gasteiger partial charge in [0.1, 0.15) is 5.56 Å². The summed E-state index contributed by atoms with van der Waals surface area (Å²) < 4.78 is 7.59. The van der Waals surface area contributed by atoms with Crippen LogP contribution in [0.15, 0.2) is 6.20 Å². The van der Waals surface area contributed by atoms with Crippen LogP contribution < -0.4 is 10.5 Å². The van der Waals surface area contributed by atoms with Crippen LogP contribution >= 0.6 is 0 Å². The van der Waals surface area contributed by atoms with E-state index in [-0.39, 0.29) is 6.10 Å². The Balaban J connectivity index is 1.99. The van der Waals surface area contributed by atoms with Crippen molar-refractivity contribution >= 4 is 5.91 Å². The summed E-state index contributed by atoms with van der Waals surface area (Å²) in [4.78, 5) is 11.4. The molecular formula is C14H23N3O2. The van der Waals surface area contributed by atoms with Crippen molar-refractivity contribution < 1.29 is 9.53 Å². The molecule has 2 N–H and O–H groups in total. The van der Waals surface area contributed by atoms with E-state index in [4.69, 9.17) is 10.5 Å². The van der Waals surface area contributed by atoms with Gasteiger partial charge in [-0.3, -0.25) is 9.48 Å². The molecule has 19 heavy (non-hydrogen) atoms. The number of unbranched alkanes of at least 4 members (excludes halogenated alkanes) is 2. The normalized spacial score (nSPS) is 16.3. The highest BCUT2D eigenvalue weighted by atomic mass is 16.5. The Bertz CT molecular complexity index is 438. The molecule has 5 nitrogen and oxygen atoms in total. The molecule has 1 unspecified atom stereocenters. The van der Waals surface area contributed by atoms with E-state index in [0.29, 0.717) is 17.5 Å². The summed E-state index contributed by atoms with van der Waals surface area (Å²) in [6.45, 7) is 4.19. The molecule has 0 spiro atoms. The van der Waals surface area contributed by atoms with Crippen LogP contribution in [-0.4, -0.2) is 21.8 Å². The van der Waals surface area contributed by atoms with Gasteiger partial charge in [0.25, 0.3) is 5.91 Å². The van der Waals surface area contributed by atoms with Gasteiger partial charge in [-0.1, -0.05) is 19.8 Å². The highest BCUT2D eigenvalue weighted by molar-refractivity contribution is 5.94. The van der Waals surface area contributed by atoms with Gasteiger partial charge in [0.2, 0.25) is 5.88 Å². The minimum Gasteiger partial charge on any atom is -0.473 e. The number of amides is 1. The van der Waals surface area contributed by atoms with E-state index in [1.165, 1.54) is 12.8 Å². The lowest BCUT2D eigenvalue weighted by molar-refractivity contribution is 0.0993. The van der Waals surface area contributed by atoms with Crippen LogP contribution in [0.5, 0.6) is 5.88 Å². The molecule has 2 rings (SSSR count). The van der Waals surface area contributed by atoms with Gasteiger partial charge < -0.3 is 10.5 Å². The maximum absolute atomic E-state index is 11.4. The SMILES string of the molecule is CCCCCC(C)Oc1nn(C2CC2)cc1C(N)=O. The standard InChI is InChI=1S/C14H23N3O2/c1-3-4-5-6-10(2)19-14-12(13(15)18)9-17(16-14)11-7-8-11/h9-11H,3-8H2,1-2H3,(H2,15,18). The number of carbonyl (C=O) groups is 1. The van der Waals surface area contributed by atoms with Gasteiger partial charge in [0.15, 0.2) is 0 Å². The molecule has 5 heteroatoms. The third-order valence-electron chi connectivity index (χ3n) is 3.41. The summed E-state index contributed by atoms with van der Waals surface area (Å²) in [6.07, 6.45) is 8.51. The van der Waals surface area contributed by atoms with Crippen LogP contribution in [0.25, 0.3) is 0 Å². The van der Waals surface area contributed by atoms with E-state index in [2.05, 4.69) is 12.0 Å². The third kappa shape index (κ3) is 3.72. The van der Waals surface area contributed by atoms with E-state index < -0.39 is 5.91 Å². The van der Waals surface area contributed by atoms with Crippen LogP contribution in [-0.2, 0) is 0 Å². The van der Waals surface area contributed by atoms with Gasteiger partial charge in [-0.25, -0.2) is 0 Å². The Morgan fingerprint density at radius 1 is 1.58 bits per heavy atom. The second kappa shape index (κ2) is 6.08. The van der Waals surface area contributed by atoms with Crippen LogP contribution in [0.2, 0.25) is 0 Å². The zero-order chi connectivity index (χ0) is 13.8. The fourth-order valence-corrected chi connectivity index (χ4v) is 2.09. The summed E-state index contributed by atoms with van der Waals surface area (Å²) in [5.74, 6) is -0.0777. The first-order valence-corrected chi connectivity index (χ1v) is 7.17. The molecule has 1 aliphatic rings. The van der Waals surface area contributed by atoms with E-state index in [0.717, 1.165) is 25.7 Å². The Morgan fingerprint density at radius 2 is 2.32 bits per heavy atom. The summed E-state index contributed by atoms with van der Waals surface area (Å²) in [7, 11) is 0. The molecule has 1 heterocycles. The monoisotopic (exact) mass is 265 g/mol. The molecule has 1 fully saturated rings. The van der Waals surface area contributed by atoms with Gasteiger partial charge in [-0.05, 0) is 32.6 Å². The topological polar surface area (TPSA) is 70.1 Å². The lowest BCUT2D eigenvalue weighted by Crippen LogP contribution is -2.16. The Morgan fingerprint density at radius 3 is 2.89 bits per heavy atom. The van der Waals surface area contributed by atoms with Crippen molar-refractivity contribution in [3.05, 3.63) is 11.8 Å². The van der Waals surface area contributed by atoms with Crippen molar-refractivity contribution in [1.29, 1.82) is 0 Å². The fraction of sp³-hybridized carbons (Fsp3) is 0.714. The summed E-state index contributed by atoms with van der Waals surface area (Å²) in [5, 5.41) is 4.36. The van der Waals surface area contributed by atoms with Crippen LogP contribution in [0.3, 0.4) is 0 Å². The average Bonchev–Trinajstić information content (AvgIpc) is 3.11. The number of nitrogens with zero attached hydrogens (tertiary/aromatic N) is 2. The number of aromatic nitrogens is 2. The van der Waals surface area contributed by atoms with Crippen molar-refractivity contribution in [2.75, 3.05) is 0 Å². The van der Waals surface area contributed by atoms with Crippen molar-refractivity contribution in [1.82, 2.24) is 9.78 Å². The van der Waals surface area contributed by atoms with E-state index >= 15 is 0 Å². The maximum Gasteiger partial charge on any atom is 0.255 e. The number of hydrogen-bond donors (Lipinski definition) is 1. The smallest absolute Gasteiger partial charge is 0.255 e. The Hall–Kier alpha value is -1.52. The molecule has 106 valence electrons. The molecular weight excluding hydrogens is 242 g/mol. The first-order chi connectivity index (χ1) is 9.11. The molecule has 1 aliphatic carbocycles. The average molecular weight is 265 g/mol. The molecule has 0 aromatic carbocycles. The van der Waals surface area contributed by atoms with E-state index in [1.807, 2.05) is 11.6 Å². The highest BCUT2D eigenvalue weighted by Gasteiger charge is 2.27. The highest BCUT2D eigenvalue weighted by Crippen LogP contribution is 2.35. The quantitative estimate of drug-likeness (QED) is 0.735. The van der Waals surface area contributed by atoms with Crippen LogP contribution in [0, 0.1) is 0 Å². The van der Waals surface area contributed by atoms with Gasteiger partial charge >= 0.3 is 0 Å². The third-order valence-corrected chi connectivity index (χ3v) is 3.41. The van der Waals surface area contributed by atoms with Crippen molar-refractivity contribution in [3.63, 3.8) is 0 Å². The molecule has 1 amide bonds. The number of rotatable bonds is 8. The second-order valence-corrected chi connectivity index (χ2v) is 5.35. The first kappa shape index (κ1) is 13.9. The van der Waals surface area contributed by atoms with Crippen molar-refractivity contribution in [3.8, 4) is 5.88 Å². The predicted molar refractivity (Wildman–Crippen MR) is 73.2 cm³/mol. The minimum atomic E-state index is -0.470. The number of carbonyl (C=O) groups excluding carboxylic acids is 1. The predicted octanol–water partition coefficient (Wildman–Crippen LogP) is 2.66. The summed E-state index contributed by atoms with van der Waals surface area (Å²) >= 11 is 0. The van der Waals surface area contributed by atoms with Crippen molar-refractivity contribution in [2.45, 2.75) is 64.5 Å². The summed E-state index contributed by atoms with van der Waals surface area (Å²) in [6, 6.07) is 0.422. The van der Waals surface area contributed by atoms with E-state index in [1.54, 1.807) is 6.20 Å². The van der Waals surface area contributed by atoms with Crippen LogP contribution in [0.1, 0.15) is 68.8 Å². The summed E-state index contributed by atoms with van der Waals surface area (Å²) in [5.41, 5.74) is 5.77. The first-order valence-electron chi connectivity index (χ1n) is 7.17. The second-order valence-electron chi connectivity index (χ2n) is 5.35. The Labute approximate surface area is 114 Å². The molecule has 1 atom stereocenters. The minimum absolute atomic E-state index is 0.0622. The largest absolute Gasteiger partial charge is 0.473 e. The van der Waals surface area contributed by atoms with Crippen LogP contribution in [0.4, 0.5) is 0 Å². The van der Waals surface area contributed by atoms with E-state index in [9.17, 15) is 4.79 Å². The maximum atomic E-state index is 11.4. The zero-order valence-corrected chi connectivity index (χ0v) is 11.8. The number of primary amides is 1. The van der Waals surface area contributed by atoms with Gasteiger partial charge in [0, 0.05) is 6.20 Å². The van der Waals surface area contributed by atoms with Crippen molar-refractivity contribution in [2.24, 2.45) is 5.73 Å².